The normalized spacial score (nSPS) is 18.3. The first-order valence-electron chi connectivity index (χ1n) is 6.78. The molecule has 6 nitrogen and oxygen atoms in total. The number of hydrogen-bond acceptors (Lipinski definition) is 5. The Kier molecular flexibility index (Phi) is 4.31. The molecule has 1 aliphatic heterocycles. The second-order valence-corrected chi connectivity index (χ2v) is 4.96. The zero-order chi connectivity index (χ0) is 13.8. The topological polar surface area (TPSA) is 82.1 Å². The standard InChI is InChI=1S/C13H22N6/c1-3-10(2)18-6-8-19(9-7-18)13-11(12(14)15)4-5-16-17-13/h4-5,10H,3,6-9H2,1-2H3,(H3,14,15). The van der Waals surface area contributed by atoms with Gasteiger partial charge in [-0.2, -0.15) is 5.10 Å². The molecule has 19 heavy (non-hydrogen) atoms. The molecule has 1 aliphatic rings. The lowest BCUT2D eigenvalue weighted by molar-refractivity contribution is 0.192. The molecule has 0 radical (unpaired) electrons. The smallest absolute Gasteiger partial charge is 0.162 e. The van der Waals surface area contributed by atoms with Crippen molar-refractivity contribution in [1.82, 2.24) is 15.1 Å². The SMILES string of the molecule is CCC(C)N1CCN(c2nnccc2C(=N)N)CC1. The summed E-state index contributed by atoms with van der Waals surface area (Å²) in [6.45, 7) is 8.32. The number of aromatic nitrogens is 2. The monoisotopic (exact) mass is 262 g/mol. The van der Waals surface area contributed by atoms with E-state index in [0.717, 1.165) is 32.0 Å². The second kappa shape index (κ2) is 5.97. The van der Waals surface area contributed by atoms with E-state index in [2.05, 4.69) is 33.8 Å². The van der Waals surface area contributed by atoms with Crippen LogP contribution >= 0.6 is 0 Å². The van der Waals surface area contributed by atoms with Gasteiger partial charge in [-0.1, -0.05) is 6.92 Å². The fourth-order valence-electron chi connectivity index (χ4n) is 2.40. The molecule has 1 fully saturated rings. The molecule has 0 bridgehead atoms. The predicted octanol–water partition coefficient (Wildman–Crippen LogP) is 0.681. The van der Waals surface area contributed by atoms with Gasteiger partial charge in [-0.25, -0.2) is 0 Å². The summed E-state index contributed by atoms with van der Waals surface area (Å²) >= 11 is 0. The van der Waals surface area contributed by atoms with Gasteiger partial charge in [0.05, 0.1) is 11.8 Å². The number of nitrogens with one attached hydrogen (secondary N) is 1. The van der Waals surface area contributed by atoms with Crippen molar-refractivity contribution in [3.63, 3.8) is 0 Å². The highest BCUT2D eigenvalue weighted by Gasteiger charge is 2.23. The van der Waals surface area contributed by atoms with Crippen LogP contribution in [0.15, 0.2) is 12.3 Å². The maximum absolute atomic E-state index is 7.61. The van der Waals surface area contributed by atoms with E-state index in [1.165, 1.54) is 6.42 Å². The van der Waals surface area contributed by atoms with Gasteiger partial charge in [0.2, 0.25) is 0 Å². The zero-order valence-electron chi connectivity index (χ0n) is 11.6. The molecule has 0 aromatic carbocycles. The van der Waals surface area contributed by atoms with E-state index in [0.29, 0.717) is 11.6 Å². The molecule has 1 atom stereocenters. The minimum Gasteiger partial charge on any atom is -0.384 e. The van der Waals surface area contributed by atoms with Crippen LogP contribution in [0.25, 0.3) is 0 Å². The Balaban J connectivity index is 2.08. The Morgan fingerprint density at radius 3 is 2.68 bits per heavy atom. The summed E-state index contributed by atoms with van der Waals surface area (Å²) in [5.41, 5.74) is 6.27. The van der Waals surface area contributed by atoms with Crippen molar-refractivity contribution in [1.29, 1.82) is 5.41 Å². The molecule has 1 unspecified atom stereocenters. The molecular formula is C13H22N6. The Morgan fingerprint density at radius 2 is 2.11 bits per heavy atom. The van der Waals surface area contributed by atoms with Gasteiger partial charge >= 0.3 is 0 Å². The lowest BCUT2D eigenvalue weighted by atomic mass is 10.1. The van der Waals surface area contributed by atoms with E-state index in [1.54, 1.807) is 12.3 Å². The van der Waals surface area contributed by atoms with E-state index < -0.39 is 0 Å². The molecule has 104 valence electrons. The molecule has 0 amide bonds. The fraction of sp³-hybridized carbons (Fsp3) is 0.615. The van der Waals surface area contributed by atoms with Gasteiger partial charge in [0.1, 0.15) is 5.84 Å². The van der Waals surface area contributed by atoms with Crippen LogP contribution in [0.1, 0.15) is 25.8 Å². The van der Waals surface area contributed by atoms with Crippen LogP contribution in [0.3, 0.4) is 0 Å². The number of nitrogen functional groups attached to an aromatic ring is 1. The van der Waals surface area contributed by atoms with Gasteiger partial charge in [-0.3, -0.25) is 10.3 Å². The number of anilines is 1. The van der Waals surface area contributed by atoms with Crippen LogP contribution in [0.2, 0.25) is 0 Å². The summed E-state index contributed by atoms with van der Waals surface area (Å²) in [5, 5.41) is 15.7. The molecule has 2 rings (SSSR count). The molecule has 6 heteroatoms. The van der Waals surface area contributed by atoms with Crippen molar-refractivity contribution in [2.75, 3.05) is 31.1 Å². The number of rotatable bonds is 4. The predicted molar refractivity (Wildman–Crippen MR) is 76.6 cm³/mol. The van der Waals surface area contributed by atoms with Crippen LogP contribution in [0, 0.1) is 5.41 Å². The third kappa shape index (κ3) is 3.01. The quantitative estimate of drug-likeness (QED) is 0.616. The summed E-state index contributed by atoms with van der Waals surface area (Å²) in [7, 11) is 0. The maximum Gasteiger partial charge on any atom is 0.162 e. The molecule has 2 heterocycles. The van der Waals surface area contributed by atoms with Gasteiger partial charge in [0.25, 0.3) is 0 Å². The lowest BCUT2D eigenvalue weighted by Gasteiger charge is -2.38. The van der Waals surface area contributed by atoms with Crippen LogP contribution in [0.5, 0.6) is 0 Å². The first-order valence-corrected chi connectivity index (χ1v) is 6.78. The zero-order valence-corrected chi connectivity index (χ0v) is 11.6. The largest absolute Gasteiger partial charge is 0.384 e. The summed E-state index contributed by atoms with van der Waals surface area (Å²) < 4.78 is 0. The summed E-state index contributed by atoms with van der Waals surface area (Å²) in [6, 6.07) is 2.38. The molecule has 1 aromatic rings. The van der Waals surface area contributed by atoms with Crippen LogP contribution in [-0.2, 0) is 0 Å². The first kappa shape index (κ1) is 13.7. The average molecular weight is 262 g/mol. The van der Waals surface area contributed by atoms with Gasteiger partial charge in [0, 0.05) is 32.2 Å². The van der Waals surface area contributed by atoms with Gasteiger partial charge in [-0.15, -0.1) is 5.10 Å². The van der Waals surface area contributed by atoms with Crippen LogP contribution < -0.4 is 10.6 Å². The molecule has 1 saturated heterocycles. The molecular weight excluding hydrogens is 240 g/mol. The number of amidine groups is 1. The van der Waals surface area contributed by atoms with Gasteiger partial charge in [0.15, 0.2) is 5.82 Å². The van der Waals surface area contributed by atoms with Crippen molar-refractivity contribution in [2.24, 2.45) is 5.73 Å². The highest BCUT2D eigenvalue weighted by Crippen LogP contribution is 2.18. The molecule has 0 spiro atoms. The Hall–Kier alpha value is -1.69. The van der Waals surface area contributed by atoms with Crippen LogP contribution in [0.4, 0.5) is 5.82 Å². The first-order chi connectivity index (χ1) is 9.13. The van der Waals surface area contributed by atoms with Crippen molar-refractivity contribution >= 4 is 11.7 Å². The summed E-state index contributed by atoms with van der Waals surface area (Å²) in [6.07, 6.45) is 2.75. The Labute approximate surface area is 114 Å². The summed E-state index contributed by atoms with van der Waals surface area (Å²) in [5.74, 6) is 0.785. The van der Waals surface area contributed by atoms with E-state index in [-0.39, 0.29) is 5.84 Å². The van der Waals surface area contributed by atoms with Crippen LogP contribution in [-0.4, -0.2) is 53.2 Å². The van der Waals surface area contributed by atoms with E-state index in [9.17, 15) is 0 Å². The van der Waals surface area contributed by atoms with Gasteiger partial charge < -0.3 is 10.6 Å². The fourth-order valence-corrected chi connectivity index (χ4v) is 2.40. The number of piperazine rings is 1. The highest BCUT2D eigenvalue weighted by molar-refractivity contribution is 5.99. The Morgan fingerprint density at radius 1 is 1.42 bits per heavy atom. The average Bonchev–Trinajstić information content (AvgIpc) is 2.46. The minimum absolute atomic E-state index is 0.0502. The van der Waals surface area contributed by atoms with Crippen molar-refractivity contribution in [2.45, 2.75) is 26.3 Å². The van der Waals surface area contributed by atoms with Crippen molar-refractivity contribution in [3.8, 4) is 0 Å². The van der Waals surface area contributed by atoms with E-state index in [1.807, 2.05) is 0 Å². The van der Waals surface area contributed by atoms with E-state index >= 15 is 0 Å². The Bertz CT molecular complexity index is 439. The highest BCUT2D eigenvalue weighted by atomic mass is 15.3. The molecule has 0 saturated carbocycles. The van der Waals surface area contributed by atoms with Gasteiger partial charge in [-0.05, 0) is 19.4 Å². The molecule has 1 aromatic heterocycles. The number of hydrogen-bond donors (Lipinski definition) is 2. The molecule has 3 N–H and O–H groups in total. The maximum atomic E-state index is 7.61. The second-order valence-electron chi connectivity index (χ2n) is 4.96. The number of nitrogens with two attached hydrogens (primary N) is 1. The van der Waals surface area contributed by atoms with E-state index in [4.69, 9.17) is 11.1 Å². The third-order valence-corrected chi connectivity index (χ3v) is 3.82. The summed E-state index contributed by atoms with van der Waals surface area (Å²) in [4.78, 5) is 4.66. The lowest BCUT2D eigenvalue weighted by Crippen LogP contribution is -2.50. The molecule has 0 aliphatic carbocycles. The third-order valence-electron chi connectivity index (χ3n) is 3.82. The van der Waals surface area contributed by atoms with Crippen molar-refractivity contribution in [3.05, 3.63) is 17.8 Å². The number of nitrogens with zero attached hydrogens (tertiary/aromatic N) is 4. The minimum atomic E-state index is 0.0502. The van der Waals surface area contributed by atoms with Crippen molar-refractivity contribution < 1.29 is 0 Å².